The Morgan fingerprint density at radius 2 is 1.76 bits per heavy atom. The van der Waals surface area contributed by atoms with E-state index < -0.39 is 0 Å². The summed E-state index contributed by atoms with van der Waals surface area (Å²) in [7, 11) is 0. The third-order valence-electron chi connectivity index (χ3n) is 5.18. The molecule has 0 bridgehead atoms. The summed E-state index contributed by atoms with van der Waals surface area (Å²) >= 11 is 1.95. The lowest BCUT2D eigenvalue weighted by Gasteiger charge is -2.41. The van der Waals surface area contributed by atoms with E-state index in [0.29, 0.717) is 23.7 Å². The fraction of sp³-hybridized carbons (Fsp3) is 0.875. The highest BCUT2D eigenvalue weighted by Crippen LogP contribution is 2.33. The summed E-state index contributed by atoms with van der Waals surface area (Å²) in [5.74, 6) is 1.91. The maximum atomic E-state index is 12.8. The highest BCUT2D eigenvalue weighted by molar-refractivity contribution is 8.00. The molecular weight excluding hydrogens is 284 g/mol. The molecule has 1 saturated carbocycles. The monoisotopic (exact) mass is 310 g/mol. The Labute approximate surface area is 131 Å². The summed E-state index contributed by atoms with van der Waals surface area (Å²) in [6.45, 7) is 6.73. The summed E-state index contributed by atoms with van der Waals surface area (Å²) in [6, 6.07) is 0.311. The van der Waals surface area contributed by atoms with Gasteiger partial charge in [0.25, 0.3) is 0 Å². The third kappa shape index (κ3) is 3.22. The molecule has 3 rings (SSSR count). The van der Waals surface area contributed by atoms with Crippen molar-refractivity contribution in [3.05, 3.63) is 0 Å². The quantitative estimate of drug-likeness (QED) is 0.783. The standard InChI is InChI=1S/C16H26N2O2S/c1-11-12(2)21-9-8-18(11)16(20)14-4-3-7-17(10-14)15(19)13-5-6-13/h11-14H,3-10H2,1-2H3/t11-,12-,14-/m0/s1. The summed E-state index contributed by atoms with van der Waals surface area (Å²) < 4.78 is 0. The highest BCUT2D eigenvalue weighted by atomic mass is 32.2. The van der Waals surface area contributed by atoms with E-state index in [1.807, 2.05) is 16.7 Å². The fourth-order valence-corrected chi connectivity index (χ4v) is 4.55. The molecule has 5 heteroatoms. The van der Waals surface area contributed by atoms with Crippen LogP contribution in [0.4, 0.5) is 0 Å². The minimum absolute atomic E-state index is 0.0270. The van der Waals surface area contributed by atoms with E-state index in [2.05, 4.69) is 18.7 Å². The first-order valence-corrected chi connectivity index (χ1v) is 9.33. The van der Waals surface area contributed by atoms with Gasteiger partial charge in [0.2, 0.25) is 11.8 Å². The predicted molar refractivity (Wildman–Crippen MR) is 85.1 cm³/mol. The second-order valence-corrected chi connectivity index (χ2v) is 8.23. The first kappa shape index (κ1) is 15.2. The number of rotatable bonds is 2. The van der Waals surface area contributed by atoms with Crippen LogP contribution in [0, 0.1) is 11.8 Å². The van der Waals surface area contributed by atoms with E-state index in [0.717, 1.165) is 44.5 Å². The molecule has 0 spiro atoms. The number of carbonyl (C=O) groups is 2. The predicted octanol–water partition coefficient (Wildman–Crippen LogP) is 1.99. The lowest BCUT2D eigenvalue weighted by molar-refractivity contribution is -0.142. The Morgan fingerprint density at radius 1 is 1.00 bits per heavy atom. The Hall–Kier alpha value is -0.710. The molecule has 0 unspecified atom stereocenters. The molecule has 4 nitrogen and oxygen atoms in total. The van der Waals surface area contributed by atoms with Gasteiger partial charge in [0.05, 0.1) is 5.92 Å². The van der Waals surface area contributed by atoms with Crippen LogP contribution in [0.15, 0.2) is 0 Å². The average Bonchev–Trinajstić information content (AvgIpc) is 3.33. The van der Waals surface area contributed by atoms with Crippen molar-refractivity contribution >= 4 is 23.6 Å². The van der Waals surface area contributed by atoms with Crippen molar-refractivity contribution in [3.63, 3.8) is 0 Å². The van der Waals surface area contributed by atoms with E-state index >= 15 is 0 Å². The topological polar surface area (TPSA) is 40.6 Å². The molecule has 2 heterocycles. The lowest BCUT2D eigenvalue weighted by Crippen LogP contribution is -2.53. The highest BCUT2D eigenvalue weighted by Gasteiger charge is 2.39. The number of amides is 2. The van der Waals surface area contributed by atoms with Crippen molar-refractivity contribution in [2.75, 3.05) is 25.4 Å². The molecule has 1 aliphatic carbocycles. The Balaban J connectivity index is 1.62. The van der Waals surface area contributed by atoms with Gasteiger partial charge >= 0.3 is 0 Å². The minimum Gasteiger partial charge on any atom is -0.342 e. The zero-order chi connectivity index (χ0) is 15.0. The Kier molecular flexibility index (Phi) is 4.48. The number of hydrogen-bond acceptors (Lipinski definition) is 3. The molecule has 3 atom stereocenters. The number of nitrogens with zero attached hydrogens (tertiary/aromatic N) is 2. The van der Waals surface area contributed by atoms with Crippen LogP contribution in [0.25, 0.3) is 0 Å². The van der Waals surface area contributed by atoms with Crippen molar-refractivity contribution < 1.29 is 9.59 Å². The third-order valence-corrected chi connectivity index (χ3v) is 6.51. The van der Waals surface area contributed by atoms with Crippen LogP contribution >= 0.6 is 11.8 Å². The molecule has 0 aromatic heterocycles. The van der Waals surface area contributed by atoms with Gasteiger partial charge < -0.3 is 9.80 Å². The number of carbonyl (C=O) groups excluding carboxylic acids is 2. The van der Waals surface area contributed by atoms with Gasteiger partial charge in [-0.1, -0.05) is 6.92 Å². The summed E-state index contributed by atoms with van der Waals surface area (Å²) in [5, 5.41) is 0.510. The lowest BCUT2D eigenvalue weighted by atomic mass is 9.95. The van der Waals surface area contributed by atoms with E-state index in [-0.39, 0.29) is 17.7 Å². The number of thioether (sulfide) groups is 1. The van der Waals surface area contributed by atoms with Gasteiger partial charge in [0.1, 0.15) is 0 Å². The van der Waals surface area contributed by atoms with Crippen LogP contribution in [-0.2, 0) is 9.59 Å². The van der Waals surface area contributed by atoms with Crippen LogP contribution in [-0.4, -0.2) is 58.3 Å². The molecule has 118 valence electrons. The average molecular weight is 310 g/mol. The van der Waals surface area contributed by atoms with Gasteiger partial charge in [-0.2, -0.15) is 11.8 Å². The van der Waals surface area contributed by atoms with Gasteiger partial charge in [-0.3, -0.25) is 9.59 Å². The van der Waals surface area contributed by atoms with Gasteiger partial charge in [-0.05, 0) is 32.6 Å². The summed E-state index contributed by atoms with van der Waals surface area (Å²) in [5.41, 5.74) is 0. The molecule has 3 aliphatic rings. The largest absolute Gasteiger partial charge is 0.342 e. The van der Waals surface area contributed by atoms with Gasteiger partial charge in [-0.25, -0.2) is 0 Å². The zero-order valence-corrected chi connectivity index (χ0v) is 13.9. The smallest absolute Gasteiger partial charge is 0.227 e. The van der Waals surface area contributed by atoms with Crippen LogP contribution in [0.2, 0.25) is 0 Å². The van der Waals surface area contributed by atoms with E-state index in [4.69, 9.17) is 0 Å². The number of likely N-dealkylation sites (tertiary alicyclic amines) is 1. The summed E-state index contributed by atoms with van der Waals surface area (Å²) in [6.07, 6.45) is 4.01. The van der Waals surface area contributed by atoms with Crippen LogP contribution in [0.3, 0.4) is 0 Å². The van der Waals surface area contributed by atoms with Gasteiger partial charge in [0.15, 0.2) is 0 Å². The molecule has 21 heavy (non-hydrogen) atoms. The molecule has 0 radical (unpaired) electrons. The molecule has 2 amide bonds. The van der Waals surface area contributed by atoms with Gasteiger partial charge in [-0.15, -0.1) is 0 Å². The van der Waals surface area contributed by atoms with Gasteiger partial charge in [0, 0.05) is 42.6 Å². The van der Waals surface area contributed by atoms with Crippen LogP contribution in [0.5, 0.6) is 0 Å². The van der Waals surface area contributed by atoms with Crippen molar-refractivity contribution in [2.45, 2.75) is 50.8 Å². The molecular formula is C16H26N2O2S. The second kappa shape index (κ2) is 6.19. The fourth-order valence-electron chi connectivity index (χ4n) is 3.45. The van der Waals surface area contributed by atoms with E-state index in [9.17, 15) is 9.59 Å². The van der Waals surface area contributed by atoms with E-state index in [1.165, 1.54) is 0 Å². The summed E-state index contributed by atoms with van der Waals surface area (Å²) in [4.78, 5) is 29.1. The Morgan fingerprint density at radius 3 is 2.48 bits per heavy atom. The maximum Gasteiger partial charge on any atom is 0.227 e. The van der Waals surface area contributed by atoms with Crippen LogP contribution in [0.1, 0.15) is 39.5 Å². The van der Waals surface area contributed by atoms with Crippen molar-refractivity contribution in [3.8, 4) is 0 Å². The SMILES string of the molecule is C[C@@H]1SCCN(C(=O)[C@H]2CCCN(C(=O)C3CC3)C2)[C@H]1C. The first-order valence-electron chi connectivity index (χ1n) is 8.29. The number of hydrogen-bond donors (Lipinski definition) is 0. The molecule has 3 fully saturated rings. The normalized spacial score (nSPS) is 33.9. The maximum absolute atomic E-state index is 12.8. The first-order chi connectivity index (χ1) is 10.1. The molecule has 0 aromatic carbocycles. The molecule has 2 saturated heterocycles. The molecule has 0 aromatic rings. The second-order valence-electron chi connectivity index (χ2n) is 6.75. The Bertz CT molecular complexity index is 425. The van der Waals surface area contributed by atoms with Crippen molar-refractivity contribution in [1.29, 1.82) is 0 Å². The minimum atomic E-state index is 0.0270. The van der Waals surface area contributed by atoms with Crippen molar-refractivity contribution in [2.24, 2.45) is 11.8 Å². The van der Waals surface area contributed by atoms with Crippen LogP contribution < -0.4 is 0 Å². The zero-order valence-electron chi connectivity index (χ0n) is 13.1. The number of piperidine rings is 1. The molecule has 2 aliphatic heterocycles. The van der Waals surface area contributed by atoms with E-state index in [1.54, 1.807) is 0 Å². The van der Waals surface area contributed by atoms with Crippen molar-refractivity contribution in [1.82, 2.24) is 9.80 Å². The molecule has 0 N–H and O–H groups in total.